The van der Waals surface area contributed by atoms with Crippen LogP contribution in [0.5, 0.6) is 5.75 Å². The van der Waals surface area contributed by atoms with Crippen molar-refractivity contribution in [1.29, 1.82) is 0 Å². The maximum absolute atomic E-state index is 13.4. The molecule has 8 heteroatoms. The van der Waals surface area contributed by atoms with Gasteiger partial charge in [-0.3, -0.25) is 9.52 Å². The van der Waals surface area contributed by atoms with Gasteiger partial charge >= 0.3 is 0 Å². The highest BCUT2D eigenvalue weighted by Gasteiger charge is 2.28. The summed E-state index contributed by atoms with van der Waals surface area (Å²) >= 11 is 0. The van der Waals surface area contributed by atoms with Crippen LogP contribution in [-0.4, -0.2) is 45.5 Å². The molecule has 4 rings (SSSR count). The number of hydrogen-bond acceptors (Lipinski definition) is 5. The summed E-state index contributed by atoms with van der Waals surface area (Å²) in [6.45, 7) is 5.49. The van der Waals surface area contributed by atoms with E-state index in [-0.39, 0.29) is 16.9 Å². The molecule has 7 nitrogen and oxygen atoms in total. The number of benzene rings is 3. The third-order valence-electron chi connectivity index (χ3n) is 5.69. The minimum atomic E-state index is -3.88. The first-order valence-corrected chi connectivity index (χ1v) is 12.7. The summed E-state index contributed by atoms with van der Waals surface area (Å²) in [5, 5.41) is 0. The lowest BCUT2D eigenvalue weighted by Crippen LogP contribution is -2.42. The minimum Gasteiger partial charge on any atom is -0.494 e. The van der Waals surface area contributed by atoms with Gasteiger partial charge in [0.1, 0.15) is 11.9 Å². The topological polar surface area (TPSA) is 84.9 Å². The van der Waals surface area contributed by atoms with E-state index in [4.69, 9.17) is 9.47 Å². The van der Waals surface area contributed by atoms with Crippen molar-refractivity contribution in [2.45, 2.75) is 24.8 Å². The lowest BCUT2D eigenvalue weighted by molar-refractivity contribution is -0.0228. The zero-order valence-corrected chi connectivity index (χ0v) is 20.0. The summed E-state index contributed by atoms with van der Waals surface area (Å²) in [4.78, 5) is 15.1. The summed E-state index contributed by atoms with van der Waals surface area (Å²) in [5.41, 5.74) is 2.50. The number of sulfonamides is 1. The summed E-state index contributed by atoms with van der Waals surface area (Å²) in [6.07, 6.45) is -0.215. The molecule has 1 aliphatic rings. The van der Waals surface area contributed by atoms with Crippen LogP contribution in [0.3, 0.4) is 0 Å². The molecule has 1 N–H and O–H groups in total. The van der Waals surface area contributed by atoms with Gasteiger partial charge in [-0.05, 0) is 61.4 Å². The predicted molar refractivity (Wildman–Crippen MR) is 131 cm³/mol. The lowest BCUT2D eigenvalue weighted by atomic mass is 10.0. The van der Waals surface area contributed by atoms with Gasteiger partial charge in [-0.2, -0.15) is 0 Å². The number of aryl methyl sites for hydroxylation is 1. The van der Waals surface area contributed by atoms with Gasteiger partial charge < -0.3 is 14.4 Å². The number of rotatable bonds is 7. The van der Waals surface area contributed by atoms with Crippen molar-refractivity contribution in [1.82, 2.24) is 4.90 Å². The Kier molecular flexibility index (Phi) is 7.19. The van der Waals surface area contributed by atoms with E-state index in [1.54, 1.807) is 42.2 Å². The Hall–Kier alpha value is -3.36. The third kappa shape index (κ3) is 5.40. The number of ether oxygens (including phenoxy) is 2. The monoisotopic (exact) mass is 480 g/mol. The molecule has 0 spiro atoms. The van der Waals surface area contributed by atoms with Crippen LogP contribution >= 0.6 is 0 Å². The van der Waals surface area contributed by atoms with E-state index >= 15 is 0 Å². The van der Waals surface area contributed by atoms with Crippen molar-refractivity contribution < 1.29 is 22.7 Å². The number of carbonyl (C=O) groups excluding carboxylic acids is 1. The predicted octanol–water partition coefficient (Wildman–Crippen LogP) is 4.41. The molecule has 3 aromatic rings. The molecule has 178 valence electrons. The second-order valence-corrected chi connectivity index (χ2v) is 9.74. The second kappa shape index (κ2) is 10.3. The molecular weight excluding hydrogens is 452 g/mol. The van der Waals surface area contributed by atoms with Crippen molar-refractivity contribution in [3.63, 3.8) is 0 Å². The normalized spacial score (nSPS) is 16.2. The zero-order valence-electron chi connectivity index (χ0n) is 19.2. The fourth-order valence-electron chi connectivity index (χ4n) is 3.87. The molecule has 1 amide bonds. The highest BCUT2D eigenvalue weighted by Crippen LogP contribution is 2.26. The van der Waals surface area contributed by atoms with E-state index in [9.17, 15) is 13.2 Å². The summed E-state index contributed by atoms with van der Waals surface area (Å²) < 4.78 is 39.9. The van der Waals surface area contributed by atoms with Crippen LogP contribution in [-0.2, 0) is 14.8 Å². The molecular formula is C26H28N2O5S. The standard InChI is InChI=1S/C26H28N2O5S/c1-3-32-22-12-10-21(11-13-22)27-34(30,31)23-14-9-19(2)24(17-23)26(29)28-15-16-33-25(18-28)20-7-5-4-6-8-20/h4-14,17,25,27H,3,15-16,18H2,1-2H3. The smallest absolute Gasteiger partial charge is 0.261 e. The van der Waals surface area contributed by atoms with Crippen LogP contribution in [0.4, 0.5) is 5.69 Å². The van der Waals surface area contributed by atoms with E-state index in [0.29, 0.717) is 48.9 Å². The molecule has 1 aliphatic heterocycles. The number of anilines is 1. The maximum atomic E-state index is 13.4. The fraction of sp³-hybridized carbons (Fsp3) is 0.269. The van der Waals surface area contributed by atoms with Gasteiger partial charge in [-0.15, -0.1) is 0 Å². The molecule has 0 aliphatic carbocycles. The van der Waals surface area contributed by atoms with Gasteiger partial charge in [0.15, 0.2) is 0 Å². The van der Waals surface area contributed by atoms with Gasteiger partial charge in [-0.1, -0.05) is 36.4 Å². The molecule has 3 aromatic carbocycles. The second-order valence-electron chi connectivity index (χ2n) is 8.06. The quantitative estimate of drug-likeness (QED) is 0.542. The van der Waals surface area contributed by atoms with Gasteiger partial charge in [0, 0.05) is 17.8 Å². The van der Waals surface area contributed by atoms with E-state index in [1.807, 2.05) is 37.3 Å². The van der Waals surface area contributed by atoms with Crippen LogP contribution in [0.25, 0.3) is 0 Å². The Morgan fingerprint density at radius 2 is 1.82 bits per heavy atom. The first kappa shape index (κ1) is 23.8. The van der Waals surface area contributed by atoms with Crippen molar-refractivity contribution in [2.24, 2.45) is 0 Å². The molecule has 1 fully saturated rings. The van der Waals surface area contributed by atoms with Gasteiger partial charge in [0.2, 0.25) is 0 Å². The highest BCUT2D eigenvalue weighted by molar-refractivity contribution is 7.92. The zero-order chi connectivity index (χ0) is 24.1. The Balaban J connectivity index is 1.53. The molecule has 1 heterocycles. The van der Waals surface area contributed by atoms with Gasteiger partial charge in [0.25, 0.3) is 15.9 Å². The summed E-state index contributed by atoms with van der Waals surface area (Å²) in [6, 6.07) is 21.1. The summed E-state index contributed by atoms with van der Waals surface area (Å²) in [7, 11) is -3.88. The number of nitrogens with one attached hydrogen (secondary N) is 1. The first-order valence-electron chi connectivity index (χ1n) is 11.2. The number of morpholine rings is 1. The van der Waals surface area contributed by atoms with Crippen LogP contribution in [0.2, 0.25) is 0 Å². The van der Waals surface area contributed by atoms with Gasteiger partial charge in [0.05, 0.1) is 24.7 Å². The molecule has 34 heavy (non-hydrogen) atoms. The Morgan fingerprint density at radius 1 is 1.09 bits per heavy atom. The van der Waals surface area contributed by atoms with Crippen molar-refractivity contribution in [3.8, 4) is 5.75 Å². The van der Waals surface area contributed by atoms with E-state index in [1.165, 1.54) is 12.1 Å². The lowest BCUT2D eigenvalue weighted by Gasteiger charge is -2.33. The largest absolute Gasteiger partial charge is 0.494 e. The highest BCUT2D eigenvalue weighted by atomic mass is 32.2. The third-order valence-corrected chi connectivity index (χ3v) is 7.07. The van der Waals surface area contributed by atoms with Crippen molar-refractivity contribution >= 4 is 21.6 Å². The molecule has 0 radical (unpaired) electrons. The average molecular weight is 481 g/mol. The number of carbonyl (C=O) groups is 1. The summed E-state index contributed by atoms with van der Waals surface area (Å²) in [5.74, 6) is 0.452. The first-order chi connectivity index (χ1) is 16.4. The molecule has 0 saturated carbocycles. The number of hydrogen-bond donors (Lipinski definition) is 1. The Labute approximate surface area is 200 Å². The number of amides is 1. The maximum Gasteiger partial charge on any atom is 0.261 e. The molecule has 1 atom stereocenters. The van der Waals surface area contributed by atoms with Gasteiger partial charge in [-0.25, -0.2) is 8.42 Å². The fourth-order valence-corrected chi connectivity index (χ4v) is 4.96. The SMILES string of the molecule is CCOc1ccc(NS(=O)(=O)c2ccc(C)c(C(=O)N3CCOC(c4ccccc4)C3)c2)cc1. The Morgan fingerprint density at radius 3 is 2.53 bits per heavy atom. The minimum absolute atomic E-state index is 0.0307. The molecule has 0 bridgehead atoms. The molecule has 0 aromatic heterocycles. The van der Waals surface area contributed by atoms with Crippen LogP contribution < -0.4 is 9.46 Å². The van der Waals surface area contributed by atoms with Crippen LogP contribution in [0.15, 0.2) is 77.7 Å². The molecule has 1 unspecified atom stereocenters. The Bertz CT molecular complexity index is 1240. The number of nitrogens with zero attached hydrogens (tertiary/aromatic N) is 1. The van der Waals surface area contributed by atoms with E-state index < -0.39 is 10.0 Å². The van der Waals surface area contributed by atoms with Crippen molar-refractivity contribution in [2.75, 3.05) is 31.0 Å². The molecule has 1 saturated heterocycles. The van der Waals surface area contributed by atoms with Crippen molar-refractivity contribution in [3.05, 3.63) is 89.5 Å². The van der Waals surface area contributed by atoms with Crippen LogP contribution in [0, 0.1) is 6.92 Å². The van der Waals surface area contributed by atoms with E-state index in [2.05, 4.69) is 4.72 Å². The van der Waals surface area contributed by atoms with Crippen LogP contribution in [0.1, 0.15) is 34.5 Å². The average Bonchev–Trinajstić information content (AvgIpc) is 2.85. The van der Waals surface area contributed by atoms with E-state index in [0.717, 1.165) is 5.56 Å².